The van der Waals surface area contributed by atoms with Crippen LogP contribution in [-0.2, 0) is 4.79 Å². The highest BCUT2D eigenvalue weighted by Crippen LogP contribution is 2.26. The first-order valence-electron chi connectivity index (χ1n) is 5.50. The smallest absolute Gasteiger partial charge is 0.403 e. The Kier molecular flexibility index (Phi) is 4.88. The van der Waals surface area contributed by atoms with E-state index in [-0.39, 0.29) is 0 Å². The normalized spacial score (nSPS) is 15.0. The van der Waals surface area contributed by atoms with Crippen molar-refractivity contribution in [3.63, 3.8) is 0 Å². The molecule has 0 aromatic heterocycles. The van der Waals surface area contributed by atoms with E-state index in [1.807, 2.05) is 0 Å². The molecule has 1 aromatic rings. The quantitative estimate of drug-likeness (QED) is 0.815. The summed E-state index contributed by atoms with van der Waals surface area (Å²) in [6.07, 6.45) is -4.82. The van der Waals surface area contributed by atoms with Crippen molar-refractivity contribution >= 4 is 5.97 Å². The van der Waals surface area contributed by atoms with E-state index in [1.54, 1.807) is 6.07 Å². The third-order valence-electron chi connectivity index (χ3n) is 2.67. The van der Waals surface area contributed by atoms with Crippen molar-refractivity contribution in [2.24, 2.45) is 5.92 Å². The lowest BCUT2D eigenvalue weighted by atomic mass is 10.1. The van der Waals surface area contributed by atoms with Gasteiger partial charge >= 0.3 is 12.1 Å². The van der Waals surface area contributed by atoms with Gasteiger partial charge in [-0.1, -0.05) is 12.1 Å². The van der Waals surface area contributed by atoms with Crippen molar-refractivity contribution in [3.8, 4) is 0 Å². The Bertz CT molecular complexity index is 448. The Hall–Kier alpha value is -1.63. The zero-order valence-corrected chi connectivity index (χ0v) is 10.0. The van der Waals surface area contributed by atoms with E-state index >= 15 is 0 Å². The average Bonchev–Trinajstić information content (AvgIpc) is 2.26. The molecule has 0 radical (unpaired) electrons. The van der Waals surface area contributed by atoms with Crippen LogP contribution in [0.2, 0.25) is 0 Å². The summed E-state index contributed by atoms with van der Waals surface area (Å²) < 4.78 is 50.2. The number of benzene rings is 1. The maximum absolute atomic E-state index is 12.9. The van der Waals surface area contributed by atoms with Crippen molar-refractivity contribution in [3.05, 3.63) is 35.6 Å². The van der Waals surface area contributed by atoms with Crippen LogP contribution in [0, 0.1) is 11.7 Å². The number of hydrogen-bond acceptors (Lipinski definition) is 2. The molecule has 0 spiro atoms. The Morgan fingerprint density at radius 1 is 1.42 bits per heavy atom. The molecule has 0 aliphatic carbocycles. The third-order valence-corrected chi connectivity index (χ3v) is 2.67. The Balaban J connectivity index is 2.67. The molecule has 0 saturated heterocycles. The molecule has 0 aliphatic heterocycles. The summed E-state index contributed by atoms with van der Waals surface area (Å²) in [6, 6.07) is 4.79. The van der Waals surface area contributed by atoms with Gasteiger partial charge in [-0.05, 0) is 24.6 Å². The van der Waals surface area contributed by atoms with Crippen LogP contribution >= 0.6 is 0 Å². The maximum atomic E-state index is 12.9. The largest absolute Gasteiger partial charge is 0.481 e. The molecule has 0 heterocycles. The Morgan fingerprint density at radius 3 is 2.53 bits per heavy atom. The second-order valence-electron chi connectivity index (χ2n) is 4.12. The fourth-order valence-electron chi connectivity index (χ4n) is 1.53. The predicted octanol–water partition coefficient (Wildman–Crippen LogP) is 2.74. The van der Waals surface area contributed by atoms with Gasteiger partial charge in [0.25, 0.3) is 0 Å². The number of alkyl halides is 3. The van der Waals surface area contributed by atoms with Gasteiger partial charge in [0.2, 0.25) is 0 Å². The zero-order chi connectivity index (χ0) is 14.6. The number of nitrogens with one attached hydrogen (secondary N) is 1. The van der Waals surface area contributed by atoms with Crippen LogP contribution in [0.15, 0.2) is 24.3 Å². The van der Waals surface area contributed by atoms with Gasteiger partial charge in [-0.3, -0.25) is 4.79 Å². The van der Waals surface area contributed by atoms with Gasteiger partial charge < -0.3 is 10.4 Å². The number of aliphatic carboxylic acids is 1. The number of carboxylic acids is 1. The molecule has 1 unspecified atom stereocenters. The molecular formula is C12H13F4NO2. The lowest BCUT2D eigenvalue weighted by molar-refractivity contribution is -0.192. The topological polar surface area (TPSA) is 49.3 Å². The molecule has 1 rings (SSSR count). The Labute approximate surface area is 107 Å². The monoisotopic (exact) mass is 279 g/mol. The van der Waals surface area contributed by atoms with Gasteiger partial charge in [0.1, 0.15) is 5.82 Å². The van der Waals surface area contributed by atoms with E-state index in [9.17, 15) is 22.4 Å². The summed E-state index contributed by atoms with van der Waals surface area (Å²) in [4.78, 5) is 10.5. The highest BCUT2D eigenvalue weighted by atomic mass is 19.4. The SMILES string of the molecule is C[C@@H](NCC(C(=O)O)C(F)(F)F)c1cccc(F)c1. The minimum Gasteiger partial charge on any atom is -0.481 e. The summed E-state index contributed by atoms with van der Waals surface area (Å²) in [6.45, 7) is 0.764. The first-order valence-corrected chi connectivity index (χ1v) is 5.50. The number of carboxylic acid groups (broad SMARTS) is 1. The van der Waals surface area contributed by atoms with E-state index in [2.05, 4.69) is 5.32 Å². The zero-order valence-electron chi connectivity index (χ0n) is 10.0. The van der Waals surface area contributed by atoms with Crippen molar-refractivity contribution < 1.29 is 27.5 Å². The van der Waals surface area contributed by atoms with Crippen molar-refractivity contribution in [2.45, 2.75) is 19.1 Å². The number of hydrogen-bond donors (Lipinski definition) is 2. The number of halogens is 4. The van der Waals surface area contributed by atoms with Crippen molar-refractivity contribution in [2.75, 3.05) is 6.54 Å². The average molecular weight is 279 g/mol. The molecule has 0 bridgehead atoms. The lowest BCUT2D eigenvalue weighted by Gasteiger charge is -2.20. The lowest BCUT2D eigenvalue weighted by Crippen LogP contribution is -2.39. The van der Waals surface area contributed by atoms with Crippen molar-refractivity contribution in [1.82, 2.24) is 5.32 Å². The van der Waals surface area contributed by atoms with Gasteiger partial charge in [0.15, 0.2) is 5.92 Å². The molecular weight excluding hydrogens is 266 g/mol. The molecule has 7 heteroatoms. The fourth-order valence-corrected chi connectivity index (χ4v) is 1.53. The van der Waals surface area contributed by atoms with Gasteiger partial charge in [-0.2, -0.15) is 13.2 Å². The van der Waals surface area contributed by atoms with Crippen LogP contribution in [0.3, 0.4) is 0 Å². The van der Waals surface area contributed by atoms with Crippen LogP contribution in [0.5, 0.6) is 0 Å². The minimum atomic E-state index is -4.82. The highest BCUT2D eigenvalue weighted by Gasteiger charge is 2.44. The predicted molar refractivity (Wildman–Crippen MR) is 60.0 cm³/mol. The second-order valence-corrected chi connectivity index (χ2v) is 4.12. The number of rotatable bonds is 5. The third kappa shape index (κ3) is 4.51. The van der Waals surface area contributed by atoms with Crippen LogP contribution in [-0.4, -0.2) is 23.8 Å². The number of carbonyl (C=O) groups is 1. The molecule has 106 valence electrons. The summed E-state index contributed by atoms with van der Waals surface area (Å²) in [5, 5.41) is 11.0. The summed E-state index contributed by atoms with van der Waals surface area (Å²) in [7, 11) is 0. The van der Waals surface area contributed by atoms with E-state index in [4.69, 9.17) is 5.11 Å². The van der Waals surface area contributed by atoms with Crippen LogP contribution in [0.4, 0.5) is 17.6 Å². The van der Waals surface area contributed by atoms with E-state index in [0.717, 1.165) is 0 Å². The minimum absolute atomic E-state index is 0.450. The summed E-state index contributed by atoms with van der Waals surface area (Å²) in [5.41, 5.74) is 0.450. The van der Waals surface area contributed by atoms with E-state index < -0.39 is 36.5 Å². The standard InChI is InChI=1S/C12H13F4NO2/c1-7(8-3-2-4-9(13)5-8)17-6-10(11(18)19)12(14,15)16/h2-5,7,10,17H,6H2,1H3,(H,18,19)/t7-,10?/m1/s1. The molecule has 1 aromatic carbocycles. The fraction of sp³-hybridized carbons (Fsp3) is 0.417. The van der Waals surface area contributed by atoms with Gasteiger partial charge in [-0.25, -0.2) is 4.39 Å². The van der Waals surface area contributed by atoms with E-state index in [1.165, 1.54) is 25.1 Å². The van der Waals surface area contributed by atoms with Crippen molar-refractivity contribution in [1.29, 1.82) is 0 Å². The van der Waals surface area contributed by atoms with Crippen LogP contribution in [0.1, 0.15) is 18.5 Å². The molecule has 2 N–H and O–H groups in total. The maximum Gasteiger partial charge on any atom is 0.403 e. The first-order chi connectivity index (χ1) is 8.71. The van der Waals surface area contributed by atoms with Gasteiger partial charge in [-0.15, -0.1) is 0 Å². The summed E-state index contributed by atoms with van der Waals surface area (Å²) in [5.74, 6) is -4.92. The Morgan fingerprint density at radius 2 is 2.05 bits per heavy atom. The molecule has 0 aliphatic rings. The van der Waals surface area contributed by atoms with Gasteiger partial charge in [0.05, 0.1) is 0 Å². The van der Waals surface area contributed by atoms with Crippen LogP contribution in [0.25, 0.3) is 0 Å². The highest BCUT2D eigenvalue weighted by molar-refractivity contribution is 5.71. The van der Waals surface area contributed by atoms with E-state index in [0.29, 0.717) is 5.56 Å². The summed E-state index contributed by atoms with van der Waals surface area (Å²) >= 11 is 0. The molecule has 0 fully saturated rings. The molecule has 2 atom stereocenters. The molecule has 3 nitrogen and oxygen atoms in total. The van der Waals surface area contributed by atoms with Crippen LogP contribution < -0.4 is 5.32 Å². The molecule has 0 saturated carbocycles. The molecule has 19 heavy (non-hydrogen) atoms. The molecule has 0 amide bonds. The van der Waals surface area contributed by atoms with Gasteiger partial charge in [0, 0.05) is 12.6 Å². The second kappa shape index (κ2) is 6.01. The first kappa shape index (κ1) is 15.4.